The van der Waals surface area contributed by atoms with Gasteiger partial charge in [-0.15, -0.1) is 0 Å². The van der Waals surface area contributed by atoms with Crippen LogP contribution in [0.25, 0.3) is 0 Å². The first-order chi connectivity index (χ1) is 11.8. The van der Waals surface area contributed by atoms with Gasteiger partial charge in [0.2, 0.25) is 10.0 Å². The fourth-order valence-electron chi connectivity index (χ4n) is 2.41. The second-order valence-electron chi connectivity index (χ2n) is 7.75. The first-order valence-corrected chi connectivity index (χ1v) is 9.95. The molecule has 0 aliphatic carbocycles. The summed E-state index contributed by atoms with van der Waals surface area (Å²) in [5, 5.41) is 11.8. The standard InChI is InChI=1S/C18H28N2O5S/c1-12(2)10-14(17(22)23)11-19-16(21)13-6-8-15(9-7-13)26(24,25)20-18(3,4)5/h6-9,12,14,20H,10-11H2,1-5H3,(H,19,21)(H,22,23). The van der Waals surface area contributed by atoms with Crippen LogP contribution in [0.1, 0.15) is 51.4 Å². The lowest BCUT2D eigenvalue weighted by Gasteiger charge is -2.20. The van der Waals surface area contributed by atoms with E-state index in [0.717, 1.165) is 0 Å². The van der Waals surface area contributed by atoms with Crippen molar-refractivity contribution in [2.75, 3.05) is 6.54 Å². The summed E-state index contributed by atoms with van der Waals surface area (Å²) in [5.41, 5.74) is -0.342. The summed E-state index contributed by atoms with van der Waals surface area (Å²) in [5.74, 6) is -1.84. The third kappa shape index (κ3) is 7.13. The zero-order valence-electron chi connectivity index (χ0n) is 15.9. The Labute approximate surface area is 155 Å². The van der Waals surface area contributed by atoms with Gasteiger partial charge < -0.3 is 10.4 Å². The summed E-state index contributed by atoms with van der Waals surface area (Å²) in [6.07, 6.45) is 0.464. The number of hydrogen-bond donors (Lipinski definition) is 3. The Hall–Kier alpha value is -1.93. The summed E-state index contributed by atoms with van der Waals surface area (Å²) in [7, 11) is -3.67. The highest BCUT2D eigenvalue weighted by Gasteiger charge is 2.23. The highest BCUT2D eigenvalue weighted by molar-refractivity contribution is 7.89. The number of amides is 1. The Morgan fingerprint density at radius 3 is 2.08 bits per heavy atom. The van der Waals surface area contributed by atoms with Crippen LogP contribution < -0.4 is 10.0 Å². The highest BCUT2D eigenvalue weighted by atomic mass is 32.2. The number of rotatable bonds is 8. The molecule has 3 N–H and O–H groups in total. The van der Waals surface area contributed by atoms with Crippen LogP contribution in [0, 0.1) is 11.8 Å². The molecular formula is C18H28N2O5S. The summed E-state index contributed by atoms with van der Waals surface area (Å²) in [6, 6.07) is 5.52. The normalized spacial score (nSPS) is 13.5. The average molecular weight is 384 g/mol. The van der Waals surface area contributed by atoms with E-state index < -0.39 is 33.4 Å². The lowest BCUT2D eigenvalue weighted by Crippen LogP contribution is -2.40. The largest absolute Gasteiger partial charge is 0.481 e. The Balaban J connectivity index is 2.79. The first-order valence-electron chi connectivity index (χ1n) is 8.47. The maximum atomic E-state index is 12.2. The summed E-state index contributed by atoms with van der Waals surface area (Å²) in [6.45, 7) is 9.08. The third-order valence-corrected chi connectivity index (χ3v) is 5.26. The maximum Gasteiger partial charge on any atom is 0.308 e. The number of carboxylic acids is 1. The van der Waals surface area contributed by atoms with Crippen molar-refractivity contribution in [1.29, 1.82) is 0 Å². The van der Waals surface area contributed by atoms with Gasteiger partial charge in [0.25, 0.3) is 5.91 Å². The van der Waals surface area contributed by atoms with E-state index in [-0.39, 0.29) is 22.9 Å². The van der Waals surface area contributed by atoms with Crippen molar-refractivity contribution < 1.29 is 23.1 Å². The van der Waals surface area contributed by atoms with Gasteiger partial charge >= 0.3 is 5.97 Å². The molecule has 1 aromatic carbocycles. The van der Waals surface area contributed by atoms with Crippen LogP contribution >= 0.6 is 0 Å². The van der Waals surface area contributed by atoms with E-state index in [1.165, 1.54) is 24.3 Å². The number of carbonyl (C=O) groups is 2. The van der Waals surface area contributed by atoms with Crippen molar-refractivity contribution >= 4 is 21.9 Å². The van der Waals surface area contributed by atoms with Gasteiger partial charge in [0, 0.05) is 17.6 Å². The molecule has 146 valence electrons. The monoisotopic (exact) mass is 384 g/mol. The number of sulfonamides is 1. The van der Waals surface area contributed by atoms with Crippen LogP contribution in [0.3, 0.4) is 0 Å². The molecule has 26 heavy (non-hydrogen) atoms. The van der Waals surface area contributed by atoms with Crippen molar-refractivity contribution in [2.45, 2.75) is 51.5 Å². The molecule has 0 spiro atoms. The van der Waals surface area contributed by atoms with Gasteiger partial charge in [-0.1, -0.05) is 13.8 Å². The van der Waals surface area contributed by atoms with Crippen LogP contribution in [0.2, 0.25) is 0 Å². The number of nitrogens with one attached hydrogen (secondary N) is 2. The van der Waals surface area contributed by atoms with Crippen molar-refractivity contribution in [3.8, 4) is 0 Å². The minimum Gasteiger partial charge on any atom is -0.481 e. The van der Waals surface area contributed by atoms with Crippen molar-refractivity contribution in [3.05, 3.63) is 29.8 Å². The summed E-state index contributed by atoms with van der Waals surface area (Å²) >= 11 is 0. The maximum absolute atomic E-state index is 12.2. The van der Waals surface area contributed by atoms with Crippen LogP contribution in [-0.4, -0.2) is 37.5 Å². The molecular weight excluding hydrogens is 356 g/mol. The number of benzene rings is 1. The number of hydrogen-bond acceptors (Lipinski definition) is 4. The Kier molecular flexibility index (Phi) is 7.35. The van der Waals surface area contributed by atoms with E-state index in [9.17, 15) is 23.1 Å². The molecule has 0 aliphatic rings. The third-order valence-electron chi connectivity index (χ3n) is 3.48. The molecule has 1 amide bonds. The first kappa shape index (κ1) is 22.1. The van der Waals surface area contributed by atoms with Gasteiger partial charge in [0.15, 0.2) is 0 Å². The molecule has 1 rings (SSSR count). The Bertz CT molecular complexity index is 734. The van der Waals surface area contributed by atoms with Gasteiger partial charge in [-0.2, -0.15) is 0 Å². The second kappa shape index (κ2) is 8.64. The zero-order chi connectivity index (χ0) is 20.1. The van der Waals surface area contributed by atoms with E-state index in [4.69, 9.17) is 0 Å². The minimum absolute atomic E-state index is 0.0258. The molecule has 0 aliphatic heterocycles. The Morgan fingerprint density at radius 1 is 1.12 bits per heavy atom. The molecule has 0 bridgehead atoms. The predicted molar refractivity (Wildman–Crippen MR) is 99.4 cm³/mol. The van der Waals surface area contributed by atoms with Crippen molar-refractivity contribution in [1.82, 2.24) is 10.0 Å². The van der Waals surface area contributed by atoms with Crippen LogP contribution in [-0.2, 0) is 14.8 Å². The predicted octanol–water partition coefficient (Wildman–Crippen LogP) is 2.24. The quantitative estimate of drug-likeness (QED) is 0.636. The zero-order valence-corrected chi connectivity index (χ0v) is 16.7. The van der Waals surface area contributed by atoms with Crippen LogP contribution in [0.5, 0.6) is 0 Å². The molecule has 0 saturated heterocycles. The molecule has 1 unspecified atom stereocenters. The number of carboxylic acid groups (broad SMARTS) is 1. The number of aliphatic carboxylic acids is 1. The molecule has 0 saturated carbocycles. The van der Waals surface area contributed by atoms with Gasteiger partial charge in [-0.3, -0.25) is 9.59 Å². The van der Waals surface area contributed by atoms with E-state index >= 15 is 0 Å². The molecule has 8 heteroatoms. The molecule has 0 fully saturated rings. The van der Waals surface area contributed by atoms with E-state index in [0.29, 0.717) is 6.42 Å². The molecule has 0 aromatic heterocycles. The molecule has 0 heterocycles. The molecule has 0 radical (unpaired) electrons. The average Bonchev–Trinajstić information content (AvgIpc) is 2.48. The van der Waals surface area contributed by atoms with Crippen LogP contribution in [0.4, 0.5) is 0 Å². The number of carbonyl (C=O) groups excluding carboxylic acids is 1. The molecule has 1 atom stereocenters. The van der Waals surface area contributed by atoms with Gasteiger partial charge in [0.05, 0.1) is 10.8 Å². The van der Waals surface area contributed by atoms with Gasteiger partial charge in [0.1, 0.15) is 0 Å². The van der Waals surface area contributed by atoms with Gasteiger partial charge in [-0.25, -0.2) is 13.1 Å². The lowest BCUT2D eigenvalue weighted by molar-refractivity contribution is -0.142. The SMILES string of the molecule is CC(C)CC(CNC(=O)c1ccc(S(=O)(=O)NC(C)(C)C)cc1)C(=O)O. The fraction of sp³-hybridized carbons (Fsp3) is 0.556. The second-order valence-corrected chi connectivity index (χ2v) is 9.44. The smallest absolute Gasteiger partial charge is 0.308 e. The van der Waals surface area contributed by atoms with Crippen LogP contribution in [0.15, 0.2) is 29.2 Å². The fourth-order valence-corrected chi connectivity index (χ4v) is 3.82. The van der Waals surface area contributed by atoms with E-state index in [1.54, 1.807) is 20.8 Å². The van der Waals surface area contributed by atoms with E-state index in [1.807, 2.05) is 13.8 Å². The summed E-state index contributed by atoms with van der Waals surface area (Å²) in [4.78, 5) is 23.5. The lowest BCUT2D eigenvalue weighted by atomic mass is 9.97. The van der Waals surface area contributed by atoms with Crippen molar-refractivity contribution in [2.24, 2.45) is 11.8 Å². The molecule has 1 aromatic rings. The Morgan fingerprint density at radius 2 is 1.65 bits per heavy atom. The topological polar surface area (TPSA) is 113 Å². The van der Waals surface area contributed by atoms with Gasteiger partial charge in [-0.05, 0) is 57.4 Å². The molecule has 7 nitrogen and oxygen atoms in total. The summed E-state index contributed by atoms with van der Waals surface area (Å²) < 4.78 is 27.0. The van der Waals surface area contributed by atoms with E-state index in [2.05, 4.69) is 10.0 Å². The highest BCUT2D eigenvalue weighted by Crippen LogP contribution is 2.15. The minimum atomic E-state index is -3.67. The van der Waals surface area contributed by atoms with Crippen molar-refractivity contribution in [3.63, 3.8) is 0 Å².